The molecule has 1 rings (SSSR count). The van der Waals surface area contributed by atoms with Crippen LogP contribution in [0.2, 0.25) is 0 Å². The molecule has 0 radical (unpaired) electrons. The van der Waals surface area contributed by atoms with Gasteiger partial charge in [0.05, 0.1) is 20.3 Å². The lowest BCUT2D eigenvalue weighted by molar-refractivity contribution is 0.153. The van der Waals surface area contributed by atoms with Crippen LogP contribution in [-0.4, -0.2) is 25.4 Å². The molecule has 15 heavy (non-hydrogen) atoms. The molecular weight excluding hydrogens is 194 g/mol. The molecule has 4 heteroatoms. The third kappa shape index (κ3) is 2.61. The largest absolute Gasteiger partial charge is 0.493 e. The molecule has 84 valence electrons. The van der Waals surface area contributed by atoms with Crippen molar-refractivity contribution in [1.29, 1.82) is 0 Å². The Morgan fingerprint density at radius 3 is 2.27 bits per heavy atom. The van der Waals surface area contributed by atoms with E-state index in [-0.39, 0.29) is 6.04 Å². The number of aliphatic hydroxyl groups is 1. The molecule has 0 saturated heterocycles. The Kier molecular flexibility index (Phi) is 3.94. The Labute approximate surface area is 89.6 Å². The van der Waals surface area contributed by atoms with E-state index in [2.05, 4.69) is 0 Å². The van der Waals surface area contributed by atoms with Crippen molar-refractivity contribution in [1.82, 2.24) is 0 Å². The summed E-state index contributed by atoms with van der Waals surface area (Å²) >= 11 is 0. The van der Waals surface area contributed by atoms with E-state index in [1.165, 1.54) is 0 Å². The van der Waals surface area contributed by atoms with Crippen LogP contribution in [0.25, 0.3) is 0 Å². The van der Waals surface area contributed by atoms with Crippen LogP contribution in [0.4, 0.5) is 0 Å². The van der Waals surface area contributed by atoms with Crippen LogP contribution in [0.3, 0.4) is 0 Å². The zero-order chi connectivity index (χ0) is 11.4. The Balaban J connectivity index is 3.02. The number of methoxy groups -OCH3 is 2. The maximum atomic E-state index is 9.76. The molecule has 0 aliphatic rings. The van der Waals surface area contributed by atoms with Gasteiger partial charge in [-0.2, -0.15) is 0 Å². The summed E-state index contributed by atoms with van der Waals surface area (Å²) in [7, 11) is 3.12. The highest BCUT2D eigenvalue weighted by atomic mass is 16.5. The average molecular weight is 211 g/mol. The molecule has 0 amide bonds. The Hall–Kier alpha value is -1.26. The highest BCUT2D eigenvalue weighted by Gasteiger charge is 2.14. The smallest absolute Gasteiger partial charge is 0.161 e. The molecule has 0 bridgehead atoms. The van der Waals surface area contributed by atoms with E-state index in [9.17, 15) is 5.11 Å². The van der Waals surface area contributed by atoms with Crippen molar-refractivity contribution in [3.05, 3.63) is 23.8 Å². The SMILES string of the molecule is COc1ccc(C(O)[C@H](C)N)cc1OC. The van der Waals surface area contributed by atoms with Gasteiger partial charge in [-0.3, -0.25) is 0 Å². The van der Waals surface area contributed by atoms with Crippen molar-refractivity contribution >= 4 is 0 Å². The fourth-order valence-corrected chi connectivity index (χ4v) is 1.34. The second kappa shape index (κ2) is 5.00. The first kappa shape index (κ1) is 11.8. The Morgan fingerprint density at radius 1 is 1.20 bits per heavy atom. The van der Waals surface area contributed by atoms with Crippen molar-refractivity contribution in [3.63, 3.8) is 0 Å². The molecule has 0 aromatic heterocycles. The first-order chi connectivity index (χ1) is 7.10. The van der Waals surface area contributed by atoms with E-state index in [4.69, 9.17) is 15.2 Å². The summed E-state index contributed by atoms with van der Waals surface area (Å²) in [6, 6.07) is 4.94. The predicted octanol–water partition coefficient (Wildman–Crippen LogP) is 1.08. The Morgan fingerprint density at radius 2 is 1.80 bits per heavy atom. The number of hydrogen-bond acceptors (Lipinski definition) is 4. The third-order valence-electron chi connectivity index (χ3n) is 2.25. The van der Waals surface area contributed by atoms with Gasteiger partial charge in [0.25, 0.3) is 0 Å². The minimum absolute atomic E-state index is 0.317. The second-order valence-corrected chi connectivity index (χ2v) is 3.42. The van der Waals surface area contributed by atoms with Gasteiger partial charge >= 0.3 is 0 Å². The number of benzene rings is 1. The summed E-state index contributed by atoms with van der Waals surface area (Å²) in [4.78, 5) is 0. The number of ether oxygens (including phenoxy) is 2. The van der Waals surface area contributed by atoms with Gasteiger partial charge in [0.15, 0.2) is 11.5 Å². The standard InChI is InChI=1S/C11H17NO3/c1-7(12)11(13)8-4-5-9(14-2)10(6-8)15-3/h4-7,11,13H,12H2,1-3H3/t7-,11?/m0/s1. The lowest BCUT2D eigenvalue weighted by Crippen LogP contribution is -2.24. The zero-order valence-electron chi connectivity index (χ0n) is 9.23. The van der Waals surface area contributed by atoms with E-state index in [1.807, 2.05) is 0 Å². The summed E-state index contributed by atoms with van der Waals surface area (Å²) < 4.78 is 10.2. The lowest BCUT2D eigenvalue weighted by Gasteiger charge is -2.16. The van der Waals surface area contributed by atoms with Gasteiger partial charge in [-0.25, -0.2) is 0 Å². The summed E-state index contributed by atoms with van der Waals surface area (Å²) in [5, 5.41) is 9.76. The van der Waals surface area contributed by atoms with Crippen LogP contribution in [0, 0.1) is 0 Å². The predicted molar refractivity (Wildman–Crippen MR) is 58.2 cm³/mol. The van der Waals surface area contributed by atoms with Crippen LogP contribution in [0.15, 0.2) is 18.2 Å². The number of nitrogens with two attached hydrogens (primary N) is 1. The molecule has 3 N–H and O–H groups in total. The lowest BCUT2D eigenvalue weighted by atomic mass is 10.0. The number of hydrogen-bond donors (Lipinski definition) is 2. The Bertz CT molecular complexity index is 326. The normalized spacial score (nSPS) is 14.5. The van der Waals surface area contributed by atoms with E-state index in [0.717, 1.165) is 5.56 Å². The monoisotopic (exact) mass is 211 g/mol. The molecule has 4 nitrogen and oxygen atoms in total. The summed E-state index contributed by atoms with van der Waals surface area (Å²) in [5.41, 5.74) is 6.33. The van der Waals surface area contributed by atoms with Crippen LogP contribution in [-0.2, 0) is 0 Å². The van der Waals surface area contributed by atoms with Crippen LogP contribution in [0.5, 0.6) is 11.5 Å². The average Bonchev–Trinajstić information content (AvgIpc) is 2.26. The van der Waals surface area contributed by atoms with Crippen LogP contribution >= 0.6 is 0 Å². The van der Waals surface area contributed by atoms with E-state index in [1.54, 1.807) is 39.3 Å². The second-order valence-electron chi connectivity index (χ2n) is 3.42. The summed E-state index contributed by atoms with van der Waals surface area (Å²) in [6.45, 7) is 1.75. The molecule has 0 heterocycles. The zero-order valence-corrected chi connectivity index (χ0v) is 9.23. The van der Waals surface area contributed by atoms with Crippen molar-refractivity contribution in [3.8, 4) is 11.5 Å². The molecule has 0 aliphatic carbocycles. The minimum atomic E-state index is -0.690. The van der Waals surface area contributed by atoms with Crippen LogP contribution in [0.1, 0.15) is 18.6 Å². The third-order valence-corrected chi connectivity index (χ3v) is 2.25. The molecule has 0 spiro atoms. The van der Waals surface area contributed by atoms with E-state index in [0.29, 0.717) is 11.5 Å². The fourth-order valence-electron chi connectivity index (χ4n) is 1.34. The highest BCUT2D eigenvalue weighted by molar-refractivity contribution is 5.43. The minimum Gasteiger partial charge on any atom is -0.493 e. The van der Waals surface area contributed by atoms with E-state index >= 15 is 0 Å². The molecule has 2 atom stereocenters. The summed E-state index contributed by atoms with van der Waals surface area (Å²) in [5.74, 6) is 1.23. The van der Waals surface area contributed by atoms with Gasteiger partial charge in [-0.05, 0) is 24.6 Å². The molecule has 0 saturated carbocycles. The van der Waals surface area contributed by atoms with Crippen molar-refractivity contribution in [2.75, 3.05) is 14.2 Å². The molecule has 0 aliphatic heterocycles. The topological polar surface area (TPSA) is 64.7 Å². The fraction of sp³-hybridized carbons (Fsp3) is 0.455. The van der Waals surface area contributed by atoms with Crippen molar-refractivity contribution in [2.45, 2.75) is 19.1 Å². The van der Waals surface area contributed by atoms with E-state index < -0.39 is 6.10 Å². The quantitative estimate of drug-likeness (QED) is 0.782. The molecule has 0 fully saturated rings. The molecular formula is C11H17NO3. The molecule has 1 unspecified atom stereocenters. The maximum absolute atomic E-state index is 9.76. The van der Waals surface area contributed by atoms with Gasteiger partial charge in [0.1, 0.15) is 0 Å². The van der Waals surface area contributed by atoms with Crippen molar-refractivity contribution < 1.29 is 14.6 Å². The first-order valence-electron chi connectivity index (χ1n) is 4.75. The molecule has 1 aromatic carbocycles. The maximum Gasteiger partial charge on any atom is 0.161 e. The highest BCUT2D eigenvalue weighted by Crippen LogP contribution is 2.30. The van der Waals surface area contributed by atoms with Gasteiger partial charge in [0, 0.05) is 6.04 Å². The van der Waals surface area contributed by atoms with Gasteiger partial charge in [0.2, 0.25) is 0 Å². The van der Waals surface area contributed by atoms with Crippen molar-refractivity contribution in [2.24, 2.45) is 5.73 Å². The first-order valence-corrected chi connectivity index (χ1v) is 4.75. The number of rotatable bonds is 4. The van der Waals surface area contributed by atoms with Gasteiger partial charge < -0.3 is 20.3 Å². The summed E-state index contributed by atoms with van der Waals surface area (Å²) in [6.07, 6.45) is -0.690. The van der Waals surface area contributed by atoms with Gasteiger partial charge in [-0.1, -0.05) is 6.07 Å². The van der Waals surface area contributed by atoms with Gasteiger partial charge in [-0.15, -0.1) is 0 Å². The molecule has 1 aromatic rings. The van der Waals surface area contributed by atoms with Crippen LogP contribution < -0.4 is 15.2 Å². The number of aliphatic hydroxyl groups excluding tert-OH is 1.